The average Bonchev–Trinajstić information content (AvgIpc) is 2.77. The van der Waals surface area contributed by atoms with Gasteiger partial charge in [-0.3, -0.25) is 0 Å². The van der Waals surface area contributed by atoms with Crippen LogP contribution in [0.2, 0.25) is 5.82 Å². The van der Waals surface area contributed by atoms with E-state index in [1.165, 1.54) is 6.08 Å². The summed E-state index contributed by atoms with van der Waals surface area (Å²) >= 11 is 0. The third-order valence-electron chi connectivity index (χ3n) is 4.14. The Hall–Kier alpha value is -1.55. The van der Waals surface area contributed by atoms with Crippen LogP contribution in [0.1, 0.15) is 18.9 Å². The second kappa shape index (κ2) is 7.46. The van der Waals surface area contributed by atoms with E-state index in [0.717, 1.165) is 12.0 Å². The molecule has 2 radical (unpaired) electrons. The van der Waals surface area contributed by atoms with E-state index in [9.17, 15) is 4.79 Å². The zero-order valence-corrected chi connectivity index (χ0v) is 12.6. The predicted molar refractivity (Wildman–Crippen MR) is 83.0 cm³/mol. The molecule has 1 fully saturated rings. The molecule has 0 bridgehead atoms. The topological polar surface area (TPSA) is 35.5 Å². The van der Waals surface area contributed by atoms with Crippen molar-refractivity contribution in [3.05, 3.63) is 48.0 Å². The third kappa shape index (κ3) is 4.21. The van der Waals surface area contributed by atoms with Crippen LogP contribution in [0.25, 0.3) is 0 Å². The van der Waals surface area contributed by atoms with E-state index >= 15 is 0 Å². The number of benzene rings is 1. The molecule has 2 rings (SSSR count). The van der Waals surface area contributed by atoms with Crippen LogP contribution >= 0.6 is 0 Å². The van der Waals surface area contributed by atoms with Gasteiger partial charge in [0.05, 0.1) is 14.0 Å². The van der Waals surface area contributed by atoms with Crippen LogP contribution in [0.5, 0.6) is 0 Å². The average molecular weight is 284 g/mol. The number of hydrogen-bond acceptors (Lipinski definition) is 3. The molecule has 0 aromatic heterocycles. The maximum Gasteiger partial charge on any atom is 0.330 e. The summed E-state index contributed by atoms with van der Waals surface area (Å²) in [6, 6.07) is 9.63. The highest BCUT2D eigenvalue weighted by Gasteiger charge is 2.36. The molecule has 4 unspecified atom stereocenters. The predicted octanol–water partition coefficient (Wildman–Crippen LogP) is 2.91. The van der Waals surface area contributed by atoms with E-state index in [1.54, 1.807) is 7.11 Å². The lowest BCUT2D eigenvalue weighted by atomic mass is 9.83. The highest BCUT2D eigenvalue weighted by Crippen LogP contribution is 2.40. The summed E-state index contributed by atoms with van der Waals surface area (Å²) < 4.78 is 10.6. The number of ether oxygens (including phenoxy) is 2. The van der Waals surface area contributed by atoms with Gasteiger partial charge in [-0.15, -0.1) is 0 Å². The third-order valence-corrected chi connectivity index (χ3v) is 4.14. The Kier molecular flexibility index (Phi) is 5.63. The smallest absolute Gasteiger partial charge is 0.330 e. The fraction of sp³-hybridized carbons (Fsp3) is 0.471. The molecule has 0 amide bonds. The Bertz CT molecular complexity index is 486. The Morgan fingerprint density at radius 3 is 2.71 bits per heavy atom. The molecule has 4 heteroatoms. The maximum atomic E-state index is 11.7. The Labute approximate surface area is 127 Å². The molecule has 4 atom stereocenters. The Balaban J connectivity index is 1.82. The van der Waals surface area contributed by atoms with Gasteiger partial charge in [-0.2, -0.15) is 0 Å². The molecular weight excluding hydrogens is 263 g/mol. The summed E-state index contributed by atoms with van der Waals surface area (Å²) in [5.41, 5.74) is 0.981. The van der Waals surface area contributed by atoms with E-state index in [1.807, 2.05) is 36.4 Å². The first-order valence-corrected chi connectivity index (χ1v) is 7.29. The van der Waals surface area contributed by atoms with Crippen LogP contribution in [0.4, 0.5) is 0 Å². The summed E-state index contributed by atoms with van der Waals surface area (Å²) in [6.07, 6.45) is 4.30. The van der Waals surface area contributed by atoms with E-state index in [-0.39, 0.29) is 23.8 Å². The minimum atomic E-state index is -0.319. The van der Waals surface area contributed by atoms with E-state index in [2.05, 4.69) is 6.92 Å². The zero-order valence-electron chi connectivity index (χ0n) is 12.6. The number of rotatable bonds is 5. The first-order valence-electron chi connectivity index (χ1n) is 7.29. The molecule has 1 aliphatic carbocycles. The fourth-order valence-electron chi connectivity index (χ4n) is 2.92. The normalized spacial score (nSPS) is 28.9. The Morgan fingerprint density at radius 1 is 1.38 bits per heavy atom. The van der Waals surface area contributed by atoms with Crippen molar-refractivity contribution in [1.82, 2.24) is 0 Å². The van der Waals surface area contributed by atoms with Crippen molar-refractivity contribution in [2.45, 2.75) is 31.9 Å². The van der Waals surface area contributed by atoms with E-state index in [0.29, 0.717) is 12.5 Å². The number of hydrogen-bond donors (Lipinski definition) is 0. The molecule has 1 aliphatic rings. The first-order chi connectivity index (χ1) is 10.1. The van der Waals surface area contributed by atoms with Crippen molar-refractivity contribution in [1.29, 1.82) is 0 Å². The fourth-order valence-corrected chi connectivity index (χ4v) is 2.92. The lowest BCUT2D eigenvalue weighted by Gasteiger charge is -2.19. The number of carbonyl (C=O) groups excluding carboxylic acids is 1. The highest BCUT2D eigenvalue weighted by molar-refractivity contribution is 6.12. The van der Waals surface area contributed by atoms with Crippen molar-refractivity contribution in [2.24, 2.45) is 11.8 Å². The van der Waals surface area contributed by atoms with E-state index < -0.39 is 0 Å². The van der Waals surface area contributed by atoms with Crippen molar-refractivity contribution in [3.8, 4) is 0 Å². The quantitative estimate of drug-likeness (QED) is 0.474. The van der Waals surface area contributed by atoms with Crippen LogP contribution in [-0.4, -0.2) is 27.0 Å². The minimum Gasteiger partial charge on any atom is -0.458 e. The lowest BCUT2D eigenvalue weighted by Crippen LogP contribution is -2.20. The van der Waals surface area contributed by atoms with Crippen molar-refractivity contribution in [2.75, 3.05) is 7.11 Å². The summed E-state index contributed by atoms with van der Waals surface area (Å²) in [4.78, 5) is 11.7. The van der Waals surface area contributed by atoms with Crippen LogP contribution in [-0.2, 0) is 20.9 Å². The van der Waals surface area contributed by atoms with Gasteiger partial charge in [-0.05, 0) is 23.8 Å². The first kappa shape index (κ1) is 15.8. The number of allylic oxidation sites excluding steroid dienone is 1. The molecule has 0 saturated heterocycles. The summed E-state index contributed by atoms with van der Waals surface area (Å²) in [5, 5.41) is 0. The molecule has 0 aliphatic heterocycles. The largest absolute Gasteiger partial charge is 0.458 e. The van der Waals surface area contributed by atoms with E-state index in [4.69, 9.17) is 17.3 Å². The van der Waals surface area contributed by atoms with Gasteiger partial charge in [0, 0.05) is 13.2 Å². The standard InChI is InChI=1S/C17H21BO3/c1-12-14(10-15(18)17(12)20-2)8-9-16(19)21-11-13-6-4-3-5-7-13/h3-9,12,14-15,17H,10-11H2,1-2H3/b9-8+. The van der Waals surface area contributed by atoms with Gasteiger partial charge in [0.25, 0.3) is 0 Å². The van der Waals surface area contributed by atoms with Crippen LogP contribution < -0.4 is 0 Å². The molecule has 0 N–H and O–H groups in total. The number of carbonyl (C=O) groups is 1. The molecule has 0 heterocycles. The van der Waals surface area contributed by atoms with Crippen molar-refractivity contribution < 1.29 is 14.3 Å². The van der Waals surface area contributed by atoms with Crippen molar-refractivity contribution in [3.63, 3.8) is 0 Å². The molecule has 1 saturated carbocycles. The molecule has 110 valence electrons. The Morgan fingerprint density at radius 2 is 2.10 bits per heavy atom. The number of esters is 1. The summed E-state index contributed by atoms with van der Waals surface area (Å²) in [7, 11) is 7.72. The molecule has 1 aromatic carbocycles. The van der Waals surface area contributed by atoms with Gasteiger partial charge in [-0.25, -0.2) is 4.79 Å². The van der Waals surface area contributed by atoms with Gasteiger partial charge < -0.3 is 9.47 Å². The second-order valence-corrected chi connectivity index (χ2v) is 5.58. The molecule has 21 heavy (non-hydrogen) atoms. The minimum absolute atomic E-state index is 0.0278. The monoisotopic (exact) mass is 284 g/mol. The molecular formula is C17H21BO3. The van der Waals surface area contributed by atoms with Gasteiger partial charge >= 0.3 is 5.97 Å². The van der Waals surface area contributed by atoms with Crippen molar-refractivity contribution >= 4 is 13.8 Å². The summed E-state index contributed by atoms with van der Waals surface area (Å²) in [5.74, 6) is 0.276. The van der Waals surface area contributed by atoms with Gasteiger partial charge in [0.15, 0.2) is 0 Å². The lowest BCUT2D eigenvalue weighted by molar-refractivity contribution is -0.139. The van der Waals surface area contributed by atoms with Gasteiger partial charge in [0.1, 0.15) is 6.61 Å². The highest BCUT2D eigenvalue weighted by atomic mass is 16.5. The molecule has 0 spiro atoms. The van der Waals surface area contributed by atoms with Gasteiger partial charge in [0.2, 0.25) is 0 Å². The SMILES string of the molecule is [B]C1CC(/C=C/C(=O)OCc2ccccc2)C(C)C1OC. The van der Waals surface area contributed by atoms with Crippen LogP contribution in [0.3, 0.4) is 0 Å². The van der Waals surface area contributed by atoms with Crippen LogP contribution in [0.15, 0.2) is 42.5 Å². The molecule has 3 nitrogen and oxygen atoms in total. The summed E-state index contributed by atoms with van der Waals surface area (Å²) in [6.45, 7) is 2.40. The second-order valence-electron chi connectivity index (χ2n) is 5.58. The number of methoxy groups -OCH3 is 1. The molecule has 1 aromatic rings. The zero-order chi connectivity index (χ0) is 15.2. The van der Waals surface area contributed by atoms with Crippen LogP contribution in [0, 0.1) is 11.8 Å². The van der Waals surface area contributed by atoms with Gasteiger partial charge in [-0.1, -0.05) is 49.1 Å². The maximum absolute atomic E-state index is 11.7.